The average molecular weight is 253 g/mol. The van der Waals surface area contributed by atoms with E-state index in [-0.39, 0.29) is 12.3 Å². The second kappa shape index (κ2) is 3.55. The van der Waals surface area contributed by atoms with Crippen LogP contribution in [0.1, 0.15) is 10.4 Å². The van der Waals surface area contributed by atoms with Crippen LogP contribution in [0.3, 0.4) is 0 Å². The van der Waals surface area contributed by atoms with Crippen molar-refractivity contribution in [2.45, 2.75) is 0 Å². The summed E-state index contributed by atoms with van der Waals surface area (Å²) in [5, 5.41) is 0.906. The number of Topliss-reactive ketones (excluding diaryl/α,β-unsaturated/α-hetero) is 1. The van der Waals surface area contributed by atoms with E-state index in [0.29, 0.717) is 5.56 Å². The third-order valence-corrected chi connectivity index (χ3v) is 2.77. The van der Waals surface area contributed by atoms with Gasteiger partial charge in [0.2, 0.25) is 0 Å². The summed E-state index contributed by atoms with van der Waals surface area (Å²) in [7, 11) is 0. The quantitative estimate of drug-likeness (QED) is 0.805. The molecule has 0 bridgehead atoms. The Morgan fingerprint density at radius 3 is 3.00 bits per heavy atom. The molecular weight excluding hydrogens is 244 g/mol. The highest BCUT2D eigenvalue weighted by atomic mass is 79.9. The average Bonchev–Trinajstić information content (AvgIpc) is 2.59. The van der Waals surface area contributed by atoms with Crippen molar-refractivity contribution in [3.05, 3.63) is 34.4 Å². The number of fused-ring (bicyclic) bond motifs is 1. The van der Waals surface area contributed by atoms with Crippen molar-refractivity contribution in [2.24, 2.45) is 5.73 Å². The first-order chi connectivity index (χ1) is 6.74. The minimum atomic E-state index is -0.0455. The van der Waals surface area contributed by atoms with Gasteiger partial charge < -0.3 is 10.7 Å². The van der Waals surface area contributed by atoms with Crippen LogP contribution in [0.15, 0.2) is 28.9 Å². The molecule has 0 aliphatic carbocycles. The van der Waals surface area contributed by atoms with Gasteiger partial charge in [0.15, 0.2) is 5.78 Å². The van der Waals surface area contributed by atoms with Crippen molar-refractivity contribution < 1.29 is 4.79 Å². The van der Waals surface area contributed by atoms with Gasteiger partial charge in [-0.05, 0) is 22.0 Å². The Labute approximate surface area is 89.4 Å². The minimum absolute atomic E-state index is 0.0384. The lowest BCUT2D eigenvalue weighted by Crippen LogP contribution is -2.13. The van der Waals surface area contributed by atoms with Gasteiger partial charge in [-0.1, -0.05) is 12.1 Å². The molecule has 4 heteroatoms. The summed E-state index contributed by atoms with van der Waals surface area (Å²) in [6.45, 7) is 0.0384. The van der Waals surface area contributed by atoms with Crippen molar-refractivity contribution in [3.63, 3.8) is 0 Å². The van der Waals surface area contributed by atoms with Crippen LogP contribution >= 0.6 is 15.9 Å². The first-order valence-electron chi connectivity index (χ1n) is 4.23. The van der Waals surface area contributed by atoms with E-state index >= 15 is 0 Å². The number of nitrogens with two attached hydrogens (primary N) is 1. The predicted molar refractivity (Wildman–Crippen MR) is 59.4 cm³/mol. The van der Waals surface area contributed by atoms with Gasteiger partial charge in [-0.3, -0.25) is 4.79 Å². The molecule has 14 heavy (non-hydrogen) atoms. The number of hydrogen-bond acceptors (Lipinski definition) is 2. The molecule has 0 atom stereocenters. The Morgan fingerprint density at radius 2 is 2.29 bits per heavy atom. The maximum atomic E-state index is 11.5. The summed E-state index contributed by atoms with van der Waals surface area (Å²) in [6, 6.07) is 5.55. The normalized spacial score (nSPS) is 10.7. The molecule has 2 rings (SSSR count). The highest BCUT2D eigenvalue weighted by molar-refractivity contribution is 9.10. The van der Waals surface area contributed by atoms with E-state index in [1.165, 1.54) is 0 Å². The van der Waals surface area contributed by atoms with E-state index in [1.807, 2.05) is 18.3 Å². The van der Waals surface area contributed by atoms with Crippen molar-refractivity contribution in [1.29, 1.82) is 0 Å². The molecule has 0 aliphatic heterocycles. The first kappa shape index (κ1) is 9.43. The van der Waals surface area contributed by atoms with Gasteiger partial charge >= 0.3 is 0 Å². The molecule has 2 aromatic rings. The number of nitrogens with one attached hydrogen (secondary N) is 1. The van der Waals surface area contributed by atoms with E-state index in [4.69, 9.17) is 5.73 Å². The molecule has 0 saturated carbocycles. The van der Waals surface area contributed by atoms with Crippen molar-refractivity contribution in [2.75, 3.05) is 6.54 Å². The third-order valence-electron chi connectivity index (χ3n) is 2.14. The number of hydrogen-bond donors (Lipinski definition) is 2. The number of carbonyl (C=O) groups excluding carboxylic acids is 1. The van der Waals surface area contributed by atoms with Crippen LogP contribution in [0.4, 0.5) is 0 Å². The van der Waals surface area contributed by atoms with Gasteiger partial charge in [0.05, 0.1) is 6.54 Å². The van der Waals surface area contributed by atoms with E-state index in [1.54, 1.807) is 6.07 Å². The molecule has 1 heterocycles. The number of benzene rings is 1. The SMILES string of the molecule is NCC(=O)c1cccc2[nH]cc(Br)c12. The lowest BCUT2D eigenvalue weighted by molar-refractivity contribution is 0.100. The number of aromatic nitrogens is 1. The summed E-state index contributed by atoms with van der Waals surface area (Å²) in [4.78, 5) is 14.6. The maximum Gasteiger partial charge on any atom is 0.177 e. The maximum absolute atomic E-state index is 11.5. The van der Waals surface area contributed by atoms with Crippen LogP contribution in [0, 0.1) is 0 Å². The Morgan fingerprint density at radius 1 is 1.50 bits per heavy atom. The number of aromatic amines is 1. The molecule has 72 valence electrons. The fourth-order valence-corrected chi connectivity index (χ4v) is 2.03. The molecule has 0 radical (unpaired) electrons. The smallest absolute Gasteiger partial charge is 0.177 e. The highest BCUT2D eigenvalue weighted by Crippen LogP contribution is 2.26. The molecule has 0 spiro atoms. The number of H-pyrrole nitrogens is 1. The van der Waals surface area contributed by atoms with Gasteiger partial charge in [0, 0.05) is 27.1 Å². The lowest BCUT2D eigenvalue weighted by atomic mass is 10.1. The number of ketones is 1. The van der Waals surface area contributed by atoms with Gasteiger partial charge in [-0.15, -0.1) is 0 Å². The van der Waals surface area contributed by atoms with Gasteiger partial charge in [0.1, 0.15) is 0 Å². The fourth-order valence-electron chi connectivity index (χ4n) is 1.49. The van der Waals surface area contributed by atoms with Gasteiger partial charge in [-0.2, -0.15) is 0 Å². The first-order valence-corrected chi connectivity index (χ1v) is 5.02. The summed E-state index contributed by atoms with van der Waals surface area (Å²) in [6.07, 6.45) is 1.82. The Hall–Kier alpha value is -1.13. The van der Waals surface area contributed by atoms with Crippen molar-refractivity contribution in [3.8, 4) is 0 Å². The number of rotatable bonds is 2. The van der Waals surface area contributed by atoms with Crippen LogP contribution in [-0.2, 0) is 0 Å². The molecule has 0 amide bonds. The summed E-state index contributed by atoms with van der Waals surface area (Å²) in [5.41, 5.74) is 6.94. The summed E-state index contributed by atoms with van der Waals surface area (Å²) >= 11 is 3.39. The van der Waals surface area contributed by atoms with Crippen LogP contribution in [0.2, 0.25) is 0 Å². The number of halogens is 1. The zero-order valence-corrected chi connectivity index (χ0v) is 8.97. The third kappa shape index (κ3) is 1.36. The van der Waals surface area contributed by atoms with Crippen LogP contribution in [0.25, 0.3) is 10.9 Å². The standard InChI is InChI=1S/C10H9BrN2O/c11-7-5-13-8-3-1-2-6(10(7)8)9(14)4-12/h1-3,5,13H,4,12H2. The molecular formula is C10H9BrN2O. The Balaban J connectivity index is 2.75. The highest BCUT2D eigenvalue weighted by Gasteiger charge is 2.11. The predicted octanol–water partition coefficient (Wildman–Crippen LogP) is 2.07. The zero-order chi connectivity index (χ0) is 10.1. The number of carbonyl (C=O) groups is 1. The van der Waals surface area contributed by atoms with Crippen LogP contribution in [0.5, 0.6) is 0 Å². The van der Waals surface area contributed by atoms with E-state index < -0.39 is 0 Å². The summed E-state index contributed by atoms with van der Waals surface area (Å²) in [5.74, 6) is -0.0455. The van der Waals surface area contributed by atoms with Gasteiger partial charge in [-0.25, -0.2) is 0 Å². The van der Waals surface area contributed by atoms with E-state index in [2.05, 4.69) is 20.9 Å². The second-order valence-electron chi connectivity index (χ2n) is 2.99. The van der Waals surface area contributed by atoms with Crippen molar-refractivity contribution in [1.82, 2.24) is 4.98 Å². The zero-order valence-electron chi connectivity index (χ0n) is 7.38. The molecule has 3 nitrogen and oxygen atoms in total. The second-order valence-corrected chi connectivity index (χ2v) is 3.85. The monoisotopic (exact) mass is 252 g/mol. The van der Waals surface area contributed by atoms with E-state index in [0.717, 1.165) is 15.4 Å². The topological polar surface area (TPSA) is 58.9 Å². The molecule has 0 saturated heterocycles. The lowest BCUT2D eigenvalue weighted by Gasteiger charge is -2.00. The van der Waals surface area contributed by atoms with Crippen molar-refractivity contribution >= 4 is 32.6 Å². The van der Waals surface area contributed by atoms with E-state index in [9.17, 15) is 4.79 Å². The molecule has 0 aliphatic rings. The summed E-state index contributed by atoms with van der Waals surface area (Å²) < 4.78 is 0.893. The molecule has 3 N–H and O–H groups in total. The Kier molecular flexibility index (Phi) is 2.39. The largest absolute Gasteiger partial charge is 0.360 e. The fraction of sp³-hybridized carbons (Fsp3) is 0.100. The molecule has 1 aromatic heterocycles. The minimum Gasteiger partial charge on any atom is -0.360 e. The van der Waals surface area contributed by atoms with Crippen LogP contribution < -0.4 is 5.73 Å². The van der Waals surface area contributed by atoms with Gasteiger partial charge in [0.25, 0.3) is 0 Å². The Bertz CT molecular complexity index is 490. The molecule has 0 unspecified atom stereocenters. The molecule has 1 aromatic carbocycles. The van der Waals surface area contributed by atoms with Crippen LogP contribution in [-0.4, -0.2) is 17.3 Å². The molecule has 0 fully saturated rings.